The molecule has 19 heavy (non-hydrogen) atoms. The first-order valence-electron chi connectivity index (χ1n) is 6.43. The normalized spacial score (nSPS) is 10.6. The zero-order valence-electron chi connectivity index (χ0n) is 11.4. The van der Waals surface area contributed by atoms with Crippen LogP contribution in [0.3, 0.4) is 0 Å². The molecule has 0 aliphatic heterocycles. The summed E-state index contributed by atoms with van der Waals surface area (Å²) < 4.78 is 0. The van der Waals surface area contributed by atoms with Crippen LogP contribution in [0, 0.1) is 13.8 Å². The molecule has 2 aromatic rings. The Morgan fingerprint density at radius 3 is 2.84 bits per heavy atom. The predicted octanol–water partition coefficient (Wildman–Crippen LogP) is 2.98. The van der Waals surface area contributed by atoms with Crippen molar-refractivity contribution >= 4 is 11.8 Å². The van der Waals surface area contributed by atoms with Crippen LogP contribution in [0.2, 0.25) is 0 Å². The minimum atomic E-state index is 0.821. The molecule has 0 aliphatic carbocycles. The smallest absolute Gasteiger partial charge is 0.0966 e. The quantitative estimate of drug-likeness (QED) is 0.648. The summed E-state index contributed by atoms with van der Waals surface area (Å²) in [6.07, 6.45) is 1.82. The Kier molecular flexibility index (Phi) is 5.36. The van der Waals surface area contributed by atoms with Crippen LogP contribution in [0.25, 0.3) is 0 Å². The first-order chi connectivity index (χ1) is 9.24. The molecule has 0 saturated heterocycles. The van der Waals surface area contributed by atoms with E-state index in [9.17, 15) is 0 Å². The number of aryl methyl sites for hydroxylation is 2. The Morgan fingerprint density at radius 1 is 1.21 bits per heavy atom. The molecule has 2 rings (SSSR count). The number of pyridine rings is 2. The van der Waals surface area contributed by atoms with Crippen molar-refractivity contribution < 1.29 is 0 Å². The van der Waals surface area contributed by atoms with E-state index < -0.39 is 0 Å². The Balaban J connectivity index is 1.69. The summed E-state index contributed by atoms with van der Waals surface area (Å²) in [6.45, 7) is 5.92. The third kappa shape index (κ3) is 5.01. The fourth-order valence-corrected chi connectivity index (χ4v) is 2.76. The zero-order valence-corrected chi connectivity index (χ0v) is 12.2. The van der Waals surface area contributed by atoms with Crippen LogP contribution >= 0.6 is 11.8 Å². The maximum Gasteiger partial charge on any atom is 0.0966 e. The van der Waals surface area contributed by atoms with E-state index in [0.717, 1.165) is 35.3 Å². The summed E-state index contributed by atoms with van der Waals surface area (Å²) in [6, 6.07) is 10.2. The van der Waals surface area contributed by atoms with Crippen molar-refractivity contribution in [3.8, 4) is 0 Å². The second kappa shape index (κ2) is 7.26. The number of nitrogens with zero attached hydrogens (tertiary/aromatic N) is 2. The van der Waals surface area contributed by atoms with E-state index >= 15 is 0 Å². The molecule has 0 saturated carbocycles. The molecular weight excluding hydrogens is 254 g/mol. The van der Waals surface area contributed by atoms with Gasteiger partial charge in [-0.25, -0.2) is 4.98 Å². The molecule has 2 aromatic heterocycles. The van der Waals surface area contributed by atoms with E-state index in [1.54, 1.807) is 11.8 Å². The van der Waals surface area contributed by atoms with E-state index in [1.807, 2.05) is 31.3 Å². The number of nitrogens with one attached hydrogen (secondary N) is 1. The summed E-state index contributed by atoms with van der Waals surface area (Å²) in [5.74, 6) is 1.02. The largest absolute Gasteiger partial charge is 0.310 e. The van der Waals surface area contributed by atoms with Gasteiger partial charge >= 0.3 is 0 Å². The first-order valence-corrected chi connectivity index (χ1v) is 7.41. The lowest BCUT2D eigenvalue weighted by atomic mass is 10.3. The minimum Gasteiger partial charge on any atom is -0.310 e. The lowest BCUT2D eigenvalue weighted by Crippen LogP contribution is -2.17. The molecule has 100 valence electrons. The molecule has 0 radical (unpaired) electrons. The molecule has 4 heteroatoms. The van der Waals surface area contributed by atoms with Gasteiger partial charge in [-0.05, 0) is 43.7 Å². The van der Waals surface area contributed by atoms with Crippen molar-refractivity contribution in [3.63, 3.8) is 0 Å². The first kappa shape index (κ1) is 14.0. The van der Waals surface area contributed by atoms with Crippen molar-refractivity contribution in [1.82, 2.24) is 15.3 Å². The van der Waals surface area contributed by atoms with Gasteiger partial charge in [0.25, 0.3) is 0 Å². The number of hydrogen-bond donors (Lipinski definition) is 1. The molecule has 0 unspecified atom stereocenters. The highest BCUT2D eigenvalue weighted by atomic mass is 32.2. The summed E-state index contributed by atoms with van der Waals surface area (Å²) in [7, 11) is 0. The average Bonchev–Trinajstić information content (AvgIpc) is 2.38. The zero-order chi connectivity index (χ0) is 13.5. The van der Waals surface area contributed by atoms with Crippen molar-refractivity contribution in [2.75, 3.05) is 12.3 Å². The highest BCUT2D eigenvalue weighted by Crippen LogP contribution is 2.16. The van der Waals surface area contributed by atoms with Gasteiger partial charge in [0.15, 0.2) is 0 Å². The van der Waals surface area contributed by atoms with E-state index in [1.165, 1.54) is 5.56 Å². The van der Waals surface area contributed by atoms with Crippen molar-refractivity contribution in [1.29, 1.82) is 0 Å². The maximum atomic E-state index is 4.51. The fourth-order valence-electron chi connectivity index (χ4n) is 1.83. The number of rotatable bonds is 6. The number of aromatic nitrogens is 2. The Hall–Kier alpha value is -1.39. The Labute approximate surface area is 118 Å². The Morgan fingerprint density at radius 2 is 2.11 bits per heavy atom. The van der Waals surface area contributed by atoms with Gasteiger partial charge in [-0.2, -0.15) is 0 Å². The highest BCUT2D eigenvalue weighted by molar-refractivity contribution is 7.99. The minimum absolute atomic E-state index is 0.821. The third-order valence-electron chi connectivity index (χ3n) is 2.64. The van der Waals surface area contributed by atoms with Gasteiger partial charge in [0, 0.05) is 30.7 Å². The second-order valence-corrected chi connectivity index (χ2v) is 5.59. The molecule has 0 amide bonds. The van der Waals surface area contributed by atoms with E-state index in [4.69, 9.17) is 0 Å². The highest BCUT2D eigenvalue weighted by Gasteiger charge is 1.98. The molecule has 0 spiro atoms. The number of hydrogen-bond acceptors (Lipinski definition) is 4. The van der Waals surface area contributed by atoms with Gasteiger partial charge in [-0.3, -0.25) is 4.98 Å². The molecule has 3 nitrogen and oxygen atoms in total. The van der Waals surface area contributed by atoms with Gasteiger partial charge in [-0.1, -0.05) is 6.07 Å². The molecule has 0 bridgehead atoms. The van der Waals surface area contributed by atoms with E-state index in [2.05, 4.69) is 34.3 Å². The van der Waals surface area contributed by atoms with Crippen LogP contribution in [0.4, 0.5) is 0 Å². The second-order valence-electron chi connectivity index (χ2n) is 4.47. The molecule has 0 aromatic carbocycles. The van der Waals surface area contributed by atoms with Gasteiger partial charge in [-0.15, -0.1) is 11.8 Å². The SMILES string of the molecule is Cc1cc(C)nc(SCCNCc2ccccn2)c1. The summed E-state index contributed by atoms with van der Waals surface area (Å²) in [5, 5.41) is 4.50. The lowest BCUT2D eigenvalue weighted by Gasteiger charge is -2.05. The van der Waals surface area contributed by atoms with Crippen LogP contribution in [-0.2, 0) is 6.54 Å². The predicted molar refractivity (Wildman–Crippen MR) is 80.4 cm³/mol. The van der Waals surface area contributed by atoms with Crippen molar-refractivity contribution in [2.45, 2.75) is 25.4 Å². The van der Waals surface area contributed by atoms with E-state index in [0.29, 0.717) is 0 Å². The van der Waals surface area contributed by atoms with Gasteiger partial charge < -0.3 is 5.32 Å². The summed E-state index contributed by atoms with van der Waals surface area (Å²) in [4.78, 5) is 8.79. The molecule has 1 N–H and O–H groups in total. The third-order valence-corrected chi connectivity index (χ3v) is 3.55. The fraction of sp³-hybridized carbons (Fsp3) is 0.333. The molecular formula is C15H19N3S. The van der Waals surface area contributed by atoms with Crippen LogP contribution < -0.4 is 5.32 Å². The lowest BCUT2D eigenvalue weighted by molar-refractivity contribution is 0.715. The van der Waals surface area contributed by atoms with Crippen LogP contribution in [0.5, 0.6) is 0 Å². The van der Waals surface area contributed by atoms with Crippen LogP contribution in [-0.4, -0.2) is 22.3 Å². The summed E-state index contributed by atoms with van der Waals surface area (Å²) in [5.41, 5.74) is 3.44. The van der Waals surface area contributed by atoms with Gasteiger partial charge in [0.2, 0.25) is 0 Å². The number of thioether (sulfide) groups is 1. The van der Waals surface area contributed by atoms with Gasteiger partial charge in [0.1, 0.15) is 0 Å². The Bertz CT molecular complexity index is 494. The maximum absolute atomic E-state index is 4.51. The van der Waals surface area contributed by atoms with E-state index in [-0.39, 0.29) is 0 Å². The molecule has 0 atom stereocenters. The van der Waals surface area contributed by atoms with Crippen LogP contribution in [0.15, 0.2) is 41.6 Å². The molecule has 2 heterocycles. The van der Waals surface area contributed by atoms with Crippen LogP contribution in [0.1, 0.15) is 17.0 Å². The monoisotopic (exact) mass is 273 g/mol. The molecule has 0 fully saturated rings. The van der Waals surface area contributed by atoms with Crippen molar-refractivity contribution in [3.05, 3.63) is 53.5 Å². The summed E-state index contributed by atoms with van der Waals surface area (Å²) >= 11 is 1.79. The molecule has 0 aliphatic rings. The van der Waals surface area contributed by atoms with Crippen molar-refractivity contribution in [2.24, 2.45) is 0 Å². The standard InChI is InChI=1S/C15H19N3S/c1-12-9-13(2)18-15(10-12)19-8-7-16-11-14-5-3-4-6-17-14/h3-6,9-10,16H,7-8,11H2,1-2H3. The van der Waals surface area contributed by atoms with Gasteiger partial charge in [0.05, 0.1) is 10.7 Å². The average molecular weight is 273 g/mol. The topological polar surface area (TPSA) is 37.8 Å².